The van der Waals surface area contributed by atoms with Crippen LogP contribution in [0.25, 0.3) is 11.3 Å². The molecule has 7 nitrogen and oxygen atoms in total. The molecule has 2 heterocycles. The Balaban J connectivity index is 1.39. The fraction of sp³-hybridized carbons (Fsp3) is 0.421. The second-order valence-corrected chi connectivity index (χ2v) is 9.28. The third-order valence-electron chi connectivity index (χ3n) is 4.98. The van der Waals surface area contributed by atoms with Crippen LogP contribution in [-0.2, 0) is 4.79 Å². The number of amides is 1. The topological polar surface area (TPSA) is 85.6 Å². The first-order chi connectivity index (χ1) is 14.5. The van der Waals surface area contributed by atoms with E-state index >= 15 is 0 Å². The second-order valence-electron chi connectivity index (χ2n) is 7.11. The SMILES string of the molecule is CC(Sc1nnnn1C1CCCCC1)C(=O)Nc1nc(-c2ccc(F)c(F)c2)cs1. The van der Waals surface area contributed by atoms with E-state index in [1.54, 1.807) is 12.3 Å². The number of thioether (sulfide) groups is 1. The van der Waals surface area contributed by atoms with Crippen LogP contribution in [0.4, 0.5) is 13.9 Å². The number of thiazole rings is 1. The minimum absolute atomic E-state index is 0.232. The number of carbonyl (C=O) groups excluding carboxylic acids is 1. The maximum Gasteiger partial charge on any atom is 0.239 e. The number of benzene rings is 1. The summed E-state index contributed by atoms with van der Waals surface area (Å²) >= 11 is 2.52. The predicted molar refractivity (Wildman–Crippen MR) is 111 cm³/mol. The molecule has 30 heavy (non-hydrogen) atoms. The number of carbonyl (C=O) groups is 1. The van der Waals surface area contributed by atoms with Gasteiger partial charge in [-0.05, 0) is 48.4 Å². The minimum atomic E-state index is -0.938. The Hall–Kier alpha value is -2.40. The molecule has 1 N–H and O–H groups in total. The number of halogens is 2. The lowest BCUT2D eigenvalue weighted by Crippen LogP contribution is -2.23. The monoisotopic (exact) mass is 450 g/mol. The Kier molecular flexibility index (Phi) is 6.38. The molecule has 0 spiro atoms. The number of nitrogens with zero attached hydrogens (tertiary/aromatic N) is 5. The first-order valence-corrected chi connectivity index (χ1v) is 11.4. The van der Waals surface area contributed by atoms with Crippen LogP contribution in [-0.4, -0.2) is 36.3 Å². The Morgan fingerprint density at radius 3 is 2.83 bits per heavy atom. The number of tetrazole rings is 1. The van der Waals surface area contributed by atoms with Crippen LogP contribution in [0.3, 0.4) is 0 Å². The standard InChI is InChI=1S/C19H20F2N6OS2/c1-11(30-19-24-25-26-27(19)13-5-3-2-4-6-13)17(28)23-18-22-16(10-29-18)12-7-8-14(20)15(21)9-12/h7-11,13H,2-6H2,1H3,(H,22,23,28). The van der Waals surface area contributed by atoms with Crippen molar-refractivity contribution in [2.45, 2.75) is 55.5 Å². The fourth-order valence-electron chi connectivity index (χ4n) is 3.36. The molecule has 1 aromatic carbocycles. The molecule has 158 valence electrons. The molecule has 0 saturated heterocycles. The molecule has 2 aromatic heterocycles. The summed E-state index contributed by atoms with van der Waals surface area (Å²) in [6.45, 7) is 1.78. The van der Waals surface area contributed by atoms with Crippen molar-refractivity contribution < 1.29 is 13.6 Å². The molecular formula is C19H20F2N6OS2. The van der Waals surface area contributed by atoms with Gasteiger partial charge in [0.25, 0.3) is 0 Å². The van der Waals surface area contributed by atoms with Gasteiger partial charge in [-0.2, -0.15) is 0 Å². The van der Waals surface area contributed by atoms with Gasteiger partial charge in [0.05, 0.1) is 17.0 Å². The highest BCUT2D eigenvalue weighted by Crippen LogP contribution is 2.32. The Morgan fingerprint density at radius 2 is 2.07 bits per heavy atom. The van der Waals surface area contributed by atoms with Crippen LogP contribution in [0.15, 0.2) is 28.7 Å². The first kappa shape index (κ1) is 20.9. The van der Waals surface area contributed by atoms with Crippen LogP contribution in [0.5, 0.6) is 0 Å². The summed E-state index contributed by atoms with van der Waals surface area (Å²) in [4.78, 5) is 16.9. The van der Waals surface area contributed by atoms with Crippen LogP contribution in [0, 0.1) is 11.6 Å². The van der Waals surface area contributed by atoms with Crippen molar-refractivity contribution in [2.24, 2.45) is 0 Å². The lowest BCUT2D eigenvalue weighted by Gasteiger charge is -2.22. The van der Waals surface area contributed by atoms with Crippen molar-refractivity contribution in [3.05, 3.63) is 35.2 Å². The van der Waals surface area contributed by atoms with Crippen LogP contribution in [0.1, 0.15) is 45.1 Å². The summed E-state index contributed by atoms with van der Waals surface area (Å²) in [6.07, 6.45) is 5.65. The molecule has 3 aromatic rings. The Bertz CT molecular complexity index is 1030. The zero-order valence-corrected chi connectivity index (χ0v) is 17.8. The zero-order chi connectivity index (χ0) is 21.1. The van der Waals surface area contributed by atoms with Crippen molar-refractivity contribution in [3.63, 3.8) is 0 Å². The van der Waals surface area contributed by atoms with Crippen molar-refractivity contribution in [2.75, 3.05) is 5.32 Å². The largest absolute Gasteiger partial charge is 0.301 e. The number of hydrogen-bond acceptors (Lipinski definition) is 7. The van der Waals surface area contributed by atoms with E-state index in [0.717, 1.165) is 37.8 Å². The van der Waals surface area contributed by atoms with Crippen molar-refractivity contribution in [1.82, 2.24) is 25.2 Å². The van der Waals surface area contributed by atoms with E-state index < -0.39 is 16.9 Å². The molecule has 0 bridgehead atoms. The number of rotatable bonds is 6. The minimum Gasteiger partial charge on any atom is -0.301 e. The van der Waals surface area contributed by atoms with E-state index in [-0.39, 0.29) is 11.9 Å². The van der Waals surface area contributed by atoms with E-state index in [1.807, 2.05) is 4.68 Å². The van der Waals surface area contributed by atoms with Gasteiger partial charge in [0.15, 0.2) is 16.8 Å². The number of hydrogen-bond donors (Lipinski definition) is 1. The van der Waals surface area contributed by atoms with Gasteiger partial charge in [0.1, 0.15) is 0 Å². The average Bonchev–Trinajstić information content (AvgIpc) is 3.40. The molecule has 11 heteroatoms. The lowest BCUT2D eigenvalue weighted by atomic mass is 9.96. The zero-order valence-electron chi connectivity index (χ0n) is 16.2. The molecule has 4 rings (SSSR count). The van der Waals surface area contributed by atoms with Crippen molar-refractivity contribution in [1.29, 1.82) is 0 Å². The molecule has 0 radical (unpaired) electrons. The quantitative estimate of drug-likeness (QED) is 0.548. The normalized spacial score (nSPS) is 15.8. The van der Waals surface area contributed by atoms with Gasteiger partial charge in [0.2, 0.25) is 11.1 Å². The van der Waals surface area contributed by atoms with E-state index in [2.05, 4.69) is 25.8 Å². The molecule has 1 aliphatic carbocycles. The smallest absolute Gasteiger partial charge is 0.239 e. The summed E-state index contributed by atoms with van der Waals surface area (Å²) in [6, 6.07) is 3.86. The fourth-order valence-corrected chi connectivity index (χ4v) is 4.94. The van der Waals surface area contributed by atoms with Gasteiger partial charge in [-0.3, -0.25) is 4.79 Å². The Labute approximate surface area is 180 Å². The predicted octanol–water partition coefficient (Wildman–Crippen LogP) is 4.70. The lowest BCUT2D eigenvalue weighted by molar-refractivity contribution is -0.115. The maximum absolute atomic E-state index is 13.4. The maximum atomic E-state index is 13.4. The first-order valence-electron chi connectivity index (χ1n) is 9.67. The molecular weight excluding hydrogens is 430 g/mol. The van der Waals surface area contributed by atoms with Gasteiger partial charge < -0.3 is 5.32 Å². The highest BCUT2D eigenvalue weighted by atomic mass is 32.2. The highest BCUT2D eigenvalue weighted by Gasteiger charge is 2.24. The third kappa shape index (κ3) is 4.67. The highest BCUT2D eigenvalue weighted by molar-refractivity contribution is 8.00. The van der Waals surface area contributed by atoms with E-state index in [1.165, 1.54) is 35.6 Å². The molecule has 1 unspecified atom stereocenters. The van der Waals surface area contributed by atoms with E-state index in [9.17, 15) is 13.6 Å². The average molecular weight is 451 g/mol. The van der Waals surface area contributed by atoms with Crippen LogP contribution in [0.2, 0.25) is 0 Å². The summed E-state index contributed by atoms with van der Waals surface area (Å²) in [5.74, 6) is -2.08. The molecule has 1 amide bonds. The van der Waals surface area contributed by atoms with Crippen LogP contribution >= 0.6 is 23.1 Å². The van der Waals surface area contributed by atoms with E-state index in [0.29, 0.717) is 21.5 Å². The summed E-state index contributed by atoms with van der Waals surface area (Å²) in [5, 5.41) is 17.0. The number of aromatic nitrogens is 5. The number of anilines is 1. The van der Waals surface area contributed by atoms with E-state index in [4.69, 9.17) is 0 Å². The summed E-state index contributed by atoms with van der Waals surface area (Å²) < 4.78 is 28.4. The second kappa shape index (κ2) is 9.17. The van der Waals surface area contributed by atoms with Gasteiger partial charge in [-0.25, -0.2) is 18.4 Å². The van der Waals surface area contributed by atoms with Crippen molar-refractivity contribution >= 4 is 34.1 Å². The third-order valence-corrected chi connectivity index (χ3v) is 6.79. The molecule has 0 aliphatic heterocycles. The Morgan fingerprint density at radius 1 is 1.27 bits per heavy atom. The molecule has 1 atom stereocenters. The summed E-state index contributed by atoms with van der Waals surface area (Å²) in [5.41, 5.74) is 0.912. The molecule has 1 saturated carbocycles. The van der Waals surface area contributed by atoms with Crippen molar-refractivity contribution in [3.8, 4) is 11.3 Å². The molecule has 1 fully saturated rings. The van der Waals surface area contributed by atoms with Gasteiger partial charge in [-0.15, -0.1) is 16.4 Å². The van der Waals surface area contributed by atoms with Gasteiger partial charge >= 0.3 is 0 Å². The van der Waals surface area contributed by atoms with Crippen LogP contribution < -0.4 is 5.32 Å². The summed E-state index contributed by atoms with van der Waals surface area (Å²) in [7, 11) is 0. The van der Waals surface area contributed by atoms with Gasteiger partial charge in [-0.1, -0.05) is 31.0 Å². The van der Waals surface area contributed by atoms with Gasteiger partial charge in [0, 0.05) is 10.9 Å². The number of nitrogens with one attached hydrogen (secondary N) is 1. The molecule has 1 aliphatic rings.